The molecule has 3 rings (SSSR count). The zero-order valence-electron chi connectivity index (χ0n) is 16.7. The van der Waals surface area contributed by atoms with Crippen molar-refractivity contribution >= 4 is 35.8 Å². The number of nitrogens with zero attached hydrogens (tertiary/aromatic N) is 2. The van der Waals surface area contributed by atoms with E-state index in [0.29, 0.717) is 18.3 Å². The molecule has 1 amide bonds. The number of amides is 1. The van der Waals surface area contributed by atoms with Crippen LogP contribution in [0.4, 0.5) is 5.69 Å². The van der Waals surface area contributed by atoms with Crippen LogP contribution in [0.15, 0.2) is 40.4 Å². The number of anilines is 1. The van der Waals surface area contributed by atoms with E-state index < -0.39 is 0 Å². The van der Waals surface area contributed by atoms with Crippen LogP contribution >= 0.6 is 24.2 Å². The smallest absolute Gasteiger partial charge is 0.224 e. The van der Waals surface area contributed by atoms with E-state index in [1.807, 2.05) is 44.2 Å². The van der Waals surface area contributed by atoms with Crippen LogP contribution < -0.4 is 10.6 Å². The van der Waals surface area contributed by atoms with Crippen LogP contribution in [0, 0.1) is 25.7 Å². The number of halogens is 1. The minimum Gasteiger partial charge on any atom is -0.326 e. The van der Waals surface area contributed by atoms with Crippen molar-refractivity contribution in [3.05, 3.63) is 41.7 Å². The zero-order chi connectivity index (χ0) is 19.2. The molecular formula is C21H29ClN4OS. The second-order valence-corrected chi connectivity index (χ2v) is 8.42. The van der Waals surface area contributed by atoms with Gasteiger partial charge >= 0.3 is 0 Å². The molecule has 1 aliphatic heterocycles. The summed E-state index contributed by atoms with van der Waals surface area (Å²) in [5.41, 5.74) is 2.77. The number of aromatic nitrogens is 2. The SMILES string of the molecule is Cc1cc(C)nc(Sc2ccc(NC(=O)CC(C)C3CCNCC3)cc2)n1.Cl. The van der Waals surface area contributed by atoms with Crippen LogP contribution in [-0.2, 0) is 4.79 Å². The number of carbonyl (C=O) groups excluding carboxylic acids is 1. The summed E-state index contributed by atoms with van der Waals surface area (Å²) in [7, 11) is 0. The third-order valence-corrected chi connectivity index (χ3v) is 5.88. The molecule has 0 aliphatic carbocycles. The average Bonchev–Trinajstić information content (AvgIpc) is 2.63. The van der Waals surface area contributed by atoms with Crippen molar-refractivity contribution in [3.63, 3.8) is 0 Å². The van der Waals surface area contributed by atoms with E-state index in [1.165, 1.54) is 24.6 Å². The second kappa shape index (κ2) is 10.8. The van der Waals surface area contributed by atoms with Crippen LogP contribution in [0.2, 0.25) is 0 Å². The Morgan fingerprint density at radius 2 is 1.79 bits per heavy atom. The van der Waals surface area contributed by atoms with Gasteiger partial charge in [-0.15, -0.1) is 12.4 Å². The minimum absolute atomic E-state index is 0. The number of hydrogen-bond acceptors (Lipinski definition) is 5. The number of rotatable bonds is 6. The fourth-order valence-corrected chi connectivity index (χ4v) is 4.40. The second-order valence-electron chi connectivity index (χ2n) is 7.38. The van der Waals surface area contributed by atoms with Crippen molar-refractivity contribution in [3.8, 4) is 0 Å². The van der Waals surface area contributed by atoms with Gasteiger partial charge in [0, 0.05) is 28.4 Å². The fraction of sp³-hybridized carbons (Fsp3) is 0.476. The lowest BCUT2D eigenvalue weighted by Crippen LogP contribution is -2.32. The molecule has 1 aromatic carbocycles. The highest BCUT2D eigenvalue weighted by molar-refractivity contribution is 7.99. The first-order valence-electron chi connectivity index (χ1n) is 9.60. The Kier molecular flexibility index (Phi) is 8.73. The molecule has 2 aromatic rings. The van der Waals surface area contributed by atoms with Crippen molar-refractivity contribution in [2.45, 2.75) is 50.1 Å². The molecule has 1 saturated heterocycles. The molecule has 1 atom stereocenters. The molecule has 152 valence electrons. The molecule has 2 heterocycles. The highest BCUT2D eigenvalue weighted by Gasteiger charge is 2.22. The average molecular weight is 421 g/mol. The van der Waals surface area contributed by atoms with Crippen LogP contribution in [0.5, 0.6) is 0 Å². The summed E-state index contributed by atoms with van der Waals surface area (Å²) in [5, 5.41) is 7.16. The summed E-state index contributed by atoms with van der Waals surface area (Å²) in [6.07, 6.45) is 2.92. The molecule has 1 aliphatic rings. The van der Waals surface area contributed by atoms with Gasteiger partial charge in [0.2, 0.25) is 5.91 Å². The lowest BCUT2D eigenvalue weighted by Gasteiger charge is -2.27. The molecule has 0 radical (unpaired) electrons. The largest absolute Gasteiger partial charge is 0.326 e. The molecule has 0 spiro atoms. The maximum absolute atomic E-state index is 12.4. The van der Waals surface area contributed by atoms with Crippen LogP contribution in [0.1, 0.15) is 37.6 Å². The van der Waals surface area contributed by atoms with E-state index in [0.717, 1.165) is 40.2 Å². The first kappa shape index (κ1) is 22.7. The number of hydrogen-bond donors (Lipinski definition) is 2. The van der Waals surface area contributed by atoms with Crippen LogP contribution in [-0.4, -0.2) is 29.0 Å². The van der Waals surface area contributed by atoms with Crippen molar-refractivity contribution in [2.24, 2.45) is 11.8 Å². The van der Waals surface area contributed by atoms with Gasteiger partial charge < -0.3 is 10.6 Å². The van der Waals surface area contributed by atoms with Crippen molar-refractivity contribution < 1.29 is 4.79 Å². The molecule has 7 heteroatoms. The highest BCUT2D eigenvalue weighted by Crippen LogP contribution is 2.27. The van der Waals surface area contributed by atoms with Crippen LogP contribution in [0.25, 0.3) is 0 Å². The Bertz CT molecular complexity index is 758. The molecule has 1 unspecified atom stereocenters. The third-order valence-electron chi connectivity index (χ3n) is 5.00. The van der Waals surface area contributed by atoms with Gasteiger partial charge in [-0.1, -0.05) is 6.92 Å². The predicted molar refractivity (Wildman–Crippen MR) is 117 cm³/mol. The first-order valence-corrected chi connectivity index (χ1v) is 10.4. The summed E-state index contributed by atoms with van der Waals surface area (Å²) in [6, 6.07) is 9.85. The van der Waals surface area contributed by atoms with E-state index in [-0.39, 0.29) is 18.3 Å². The topological polar surface area (TPSA) is 66.9 Å². The Morgan fingerprint density at radius 3 is 2.39 bits per heavy atom. The highest BCUT2D eigenvalue weighted by atomic mass is 35.5. The number of piperidine rings is 1. The molecule has 28 heavy (non-hydrogen) atoms. The maximum Gasteiger partial charge on any atom is 0.224 e. The van der Waals surface area contributed by atoms with E-state index in [1.54, 1.807) is 0 Å². The quantitative estimate of drug-likeness (QED) is 0.667. The van der Waals surface area contributed by atoms with Crippen molar-refractivity contribution in [2.75, 3.05) is 18.4 Å². The van der Waals surface area contributed by atoms with Crippen molar-refractivity contribution in [1.82, 2.24) is 15.3 Å². The number of nitrogens with one attached hydrogen (secondary N) is 2. The molecule has 0 saturated carbocycles. The molecule has 1 fully saturated rings. The number of benzene rings is 1. The Balaban J connectivity index is 0.00000280. The predicted octanol–water partition coefficient (Wildman–Crippen LogP) is 4.63. The van der Waals surface area contributed by atoms with Gasteiger partial charge in [0.25, 0.3) is 0 Å². The van der Waals surface area contributed by atoms with Gasteiger partial charge in [-0.25, -0.2) is 9.97 Å². The normalized spacial score (nSPS) is 15.5. The summed E-state index contributed by atoms with van der Waals surface area (Å²) < 4.78 is 0. The molecule has 5 nitrogen and oxygen atoms in total. The summed E-state index contributed by atoms with van der Waals surface area (Å²) >= 11 is 1.53. The van der Waals surface area contributed by atoms with Gasteiger partial charge in [-0.2, -0.15) is 0 Å². The van der Waals surface area contributed by atoms with Gasteiger partial charge in [0.05, 0.1) is 0 Å². The van der Waals surface area contributed by atoms with Gasteiger partial charge in [0.1, 0.15) is 0 Å². The fourth-order valence-electron chi connectivity index (χ4n) is 3.54. The van der Waals surface area contributed by atoms with E-state index in [2.05, 4.69) is 27.5 Å². The standard InChI is InChI=1S/C21H28N4OS.ClH/c1-14(17-8-10-22-11-9-17)12-20(26)25-18-4-6-19(7-5-18)27-21-23-15(2)13-16(3)24-21;/h4-7,13-14,17,22H,8-12H2,1-3H3,(H,25,26);1H. The zero-order valence-corrected chi connectivity index (χ0v) is 18.3. The molecule has 1 aromatic heterocycles. The van der Waals surface area contributed by atoms with E-state index in [4.69, 9.17) is 0 Å². The van der Waals surface area contributed by atoms with Gasteiger partial charge in [-0.3, -0.25) is 4.79 Å². The van der Waals surface area contributed by atoms with E-state index in [9.17, 15) is 4.79 Å². The minimum atomic E-state index is 0. The third kappa shape index (κ3) is 6.76. The Labute approximate surface area is 177 Å². The molecule has 2 N–H and O–H groups in total. The van der Waals surface area contributed by atoms with E-state index >= 15 is 0 Å². The lowest BCUT2D eigenvalue weighted by molar-refractivity contribution is -0.117. The lowest BCUT2D eigenvalue weighted by atomic mass is 9.84. The van der Waals surface area contributed by atoms with Gasteiger partial charge in [0.15, 0.2) is 5.16 Å². The number of aryl methyl sites for hydroxylation is 2. The number of carbonyl (C=O) groups is 1. The Hall–Kier alpha value is -1.63. The monoisotopic (exact) mass is 420 g/mol. The van der Waals surface area contributed by atoms with Gasteiger partial charge in [-0.05, 0) is 93.7 Å². The summed E-state index contributed by atoms with van der Waals surface area (Å²) in [4.78, 5) is 22.3. The van der Waals surface area contributed by atoms with Crippen molar-refractivity contribution in [1.29, 1.82) is 0 Å². The Morgan fingerprint density at radius 1 is 1.18 bits per heavy atom. The summed E-state index contributed by atoms with van der Waals surface area (Å²) in [5.74, 6) is 1.16. The summed E-state index contributed by atoms with van der Waals surface area (Å²) in [6.45, 7) is 8.28. The molecular weight excluding hydrogens is 392 g/mol. The van der Waals surface area contributed by atoms with Crippen LogP contribution in [0.3, 0.4) is 0 Å². The molecule has 0 bridgehead atoms. The maximum atomic E-state index is 12.4. The first-order chi connectivity index (χ1) is 13.0.